The van der Waals surface area contributed by atoms with Gasteiger partial charge in [0, 0.05) is 16.9 Å². The molecule has 1 heterocycles. The fourth-order valence-corrected chi connectivity index (χ4v) is 2.33. The number of carbonyl (C=O) groups is 1. The molecule has 3 rings (SSSR count). The summed E-state index contributed by atoms with van der Waals surface area (Å²) in [5.41, 5.74) is 2.09. The van der Waals surface area contributed by atoms with Crippen LogP contribution in [0.3, 0.4) is 0 Å². The van der Waals surface area contributed by atoms with Crippen molar-refractivity contribution in [1.29, 1.82) is 0 Å². The van der Waals surface area contributed by atoms with Crippen molar-refractivity contribution >= 4 is 17.3 Å². The van der Waals surface area contributed by atoms with Gasteiger partial charge in [0.15, 0.2) is 0 Å². The molecular weight excluding hydrogens is 224 g/mol. The van der Waals surface area contributed by atoms with E-state index < -0.39 is 5.54 Å². The first-order valence-corrected chi connectivity index (χ1v) is 5.94. The highest BCUT2D eigenvalue weighted by Gasteiger charge is 2.42. The van der Waals surface area contributed by atoms with Crippen LogP contribution in [0.4, 0.5) is 11.4 Å². The normalized spacial score (nSPS) is 21.3. The van der Waals surface area contributed by atoms with Crippen molar-refractivity contribution in [2.75, 3.05) is 10.6 Å². The highest BCUT2D eigenvalue weighted by atomic mass is 16.2. The van der Waals surface area contributed by atoms with Gasteiger partial charge in [0.2, 0.25) is 0 Å². The molecule has 1 atom stereocenters. The summed E-state index contributed by atoms with van der Waals surface area (Å²) >= 11 is 0. The molecule has 1 aliphatic heterocycles. The van der Waals surface area contributed by atoms with Crippen molar-refractivity contribution in [1.82, 2.24) is 0 Å². The van der Waals surface area contributed by atoms with Gasteiger partial charge in [0.05, 0.1) is 0 Å². The van der Waals surface area contributed by atoms with Gasteiger partial charge >= 0.3 is 0 Å². The fourth-order valence-electron chi connectivity index (χ4n) is 2.33. The van der Waals surface area contributed by atoms with Crippen molar-refractivity contribution in [3.05, 3.63) is 60.2 Å². The SMILES string of the molecule is C[C@@]1(Nc2ccccc2)C(=O)Nc2ccccc21. The van der Waals surface area contributed by atoms with E-state index >= 15 is 0 Å². The van der Waals surface area contributed by atoms with Gasteiger partial charge in [-0.3, -0.25) is 4.79 Å². The Bertz CT molecular complexity index is 594. The second-order valence-electron chi connectivity index (χ2n) is 4.62. The molecule has 3 nitrogen and oxygen atoms in total. The highest BCUT2D eigenvalue weighted by molar-refractivity contribution is 6.07. The zero-order valence-corrected chi connectivity index (χ0v) is 10.1. The Hall–Kier alpha value is -2.29. The number of fused-ring (bicyclic) bond motifs is 1. The van der Waals surface area contributed by atoms with E-state index in [1.165, 1.54) is 0 Å². The number of para-hydroxylation sites is 2. The van der Waals surface area contributed by atoms with Crippen LogP contribution in [0, 0.1) is 0 Å². The first kappa shape index (κ1) is 10.8. The third-order valence-electron chi connectivity index (χ3n) is 3.34. The molecule has 0 aliphatic carbocycles. The minimum absolute atomic E-state index is 0.0208. The summed E-state index contributed by atoms with van der Waals surface area (Å²) in [5, 5.41) is 6.22. The third-order valence-corrected chi connectivity index (χ3v) is 3.34. The molecule has 18 heavy (non-hydrogen) atoms. The number of carbonyl (C=O) groups excluding carboxylic acids is 1. The van der Waals surface area contributed by atoms with Gasteiger partial charge in [-0.1, -0.05) is 36.4 Å². The van der Waals surface area contributed by atoms with Crippen molar-refractivity contribution in [3.63, 3.8) is 0 Å². The predicted molar refractivity (Wildman–Crippen MR) is 72.5 cm³/mol. The maximum Gasteiger partial charge on any atom is 0.254 e. The molecule has 2 N–H and O–H groups in total. The van der Waals surface area contributed by atoms with E-state index in [9.17, 15) is 4.79 Å². The molecule has 0 spiro atoms. The first-order chi connectivity index (χ1) is 8.70. The minimum Gasteiger partial charge on any atom is -0.368 e. The Balaban J connectivity index is 2.02. The van der Waals surface area contributed by atoms with E-state index in [1.807, 2.05) is 61.5 Å². The van der Waals surface area contributed by atoms with Gasteiger partial charge in [-0.15, -0.1) is 0 Å². The van der Waals surface area contributed by atoms with Crippen molar-refractivity contribution < 1.29 is 4.79 Å². The van der Waals surface area contributed by atoms with Gasteiger partial charge in [-0.25, -0.2) is 0 Å². The van der Waals surface area contributed by atoms with Crippen molar-refractivity contribution in [2.45, 2.75) is 12.5 Å². The van der Waals surface area contributed by atoms with Crippen LogP contribution in [0.5, 0.6) is 0 Å². The van der Waals surface area contributed by atoms with E-state index in [1.54, 1.807) is 0 Å². The van der Waals surface area contributed by atoms with E-state index in [-0.39, 0.29) is 5.91 Å². The number of rotatable bonds is 2. The Morgan fingerprint density at radius 2 is 1.67 bits per heavy atom. The van der Waals surface area contributed by atoms with E-state index in [0.29, 0.717) is 0 Å². The van der Waals surface area contributed by atoms with E-state index in [2.05, 4.69) is 10.6 Å². The molecule has 0 aromatic heterocycles. The molecule has 0 fully saturated rings. The van der Waals surface area contributed by atoms with Crippen LogP contribution in [0.25, 0.3) is 0 Å². The molecule has 2 aromatic carbocycles. The van der Waals surface area contributed by atoms with Crippen LogP contribution < -0.4 is 10.6 Å². The fraction of sp³-hybridized carbons (Fsp3) is 0.133. The molecule has 1 aliphatic rings. The number of anilines is 2. The summed E-state index contributed by atoms with van der Waals surface area (Å²) in [4.78, 5) is 12.2. The second-order valence-corrected chi connectivity index (χ2v) is 4.62. The van der Waals surface area contributed by atoms with Crippen LogP contribution in [0.2, 0.25) is 0 Å². The topological polar surface area (TPSA) is 41.1 Å². The second kappa shape index (κ2) is 3.88. The van der Waals surface area contributed by atoms with E-state index in [0.717, 1.165) is 16.9 Å². The maximum absolute atomic E-state index is 12.2. The molecule has 0 bridgehead atoms. The molecule has 0 saturated carbocycles. The van der Waals surface area contributed by atoms with Crippen LogP contribution in [-0.2, 0) is 10.3 Å². The van der Waals surface area contributed by atoms with Gasteiger partial charge in [-0.2, -0.15) is 0 Å². The summed E-state index contributed by atoms with van der Waals surface area (Å²) in [6.07, 6.45) is 0. The standard InChI is InChI=1S/C15H14N2O/c1-15(17-11-7-3-2-4-8-11)12-9-5-6-10-13(12)16-14(15)18/h2-10,17H,1H3,(H,16,18)/t15-/m0/s1. The van der Waals surface area contributed by atoms with Crippen LogP contribution >= 0.6 is 0 Å². The Morgan fingerprint density at radius 3 is 2.44 bits per heavy atom. The number of benzene rings is 2. The maximum atomic E-state index is 12.2. The Labute approximate surface area is 106 Å². The lowest BCUT2D eigenvalue weighted by Crippen LogP contribution is -2.38. The Kier molecular flexibility index (Phi) is 2.33. The molecule has 0 radical (unpaired) electrons. The van der Waals surface area contributed by atoms with Crippen LogP contribution in [0.15, 0.2) is 54.6 Å². The average molecular weight is 238 g/mol. The van der Waals surface area contributed by atoms with Crippen molar-refractivity contribution in [2.24, 2.45) is 0 Å². The molecular formula is C15H14N2O. The summed E-state index contributed by atoms with van der Waals surface area (Å²) in [5.74, 6) is -0.0208. The lowest BCUT2D eigenvalue weighted by Gasteiger charge is -2.25. The van der Waals surface area contributed by atoms with Crippen LogP contribution in [-0.4, -0.2) is 5.91 Å². The van der Waals surface area contributed by atoms with Gasteiger partial charge < -0.3 is 10.6 Å². The molecule has 0 saturated heterocycles. The molecule has 2 aromatic rings. The summed E-state index contributed by atoms with van der Waals surface area (Å²) in [6, 6.07) is 17.5. The molecule has 0 unspecified atom stereocenters. The molecule has 3 heteroatoms. The quantitative estimate of drug-likeness (QED) is 0.844. The Morgan fingerprint density at radius 1 is 1.00 bits per heavy atom. The smallest absolute Gasteiger partial charge is 0.254 e. The molecule has 1 amide bonds. The largest absolute Gasteiger partial charge is 0.368 e. The van der Waals surface area contributed by atoms with Gasteiger partial charge in [0.25, 0.3) is 5.91 Å². The van der Waals surface area contributed by atoms with Gasteiger partial charge in [-0.05, 0) is 25.1 Å². The van der Waals surface area contributed by atoms with Gasteiger partial charge in [0.1, 0.15) is 5.54 Å². The third kappa shape index (κ3) is 1.56. The zero-order chi connectivity index (χ0) is 12.6. The summed E-state index contributed by atoms with van der Waals surface area (Å²) in [7, 11) is 0. The zero-order valence-electron chi connectivity index (χ0n) is 10.1. The molecule has 90 valence electrons. The summed E-state index contributed by atoms with van der Waals surface area (Å²) in [6.45, 7) is 1.90. The van der Waals surface area contributed by atoms with E-state index in [4.69, 9.17) is 0 Å². The number of amides is 1. The van der Waals surface area contributed by atoms with Crippen LogP contribution in [0.1, 0.15) is 12.5 Å². The number of hydrogen-bond donors (Lipinski definition) is 2. The average Bonchev–Trinajstić information content (AvgIpc) is 2.63. The number of nitrogens with one attached hydrogen (secondary N) is 2. The highest BCUT2D eigenvalue weighted by Crippen LogP contribution is 2.37. The lowest BCUT2D eigenvalue weighted by molar-refractivity contribution is -0.119. The first-order valence-electron chi connectivity index (χ1n) is 5.94. The lowest BCUT2D eigenvalue weighted by atomic mass is 9.93. The minimum atomic E-state index is -0.710. The summed E-state index contributed by atoms with van der Waals surface area (Å²) < 4.78 is 0. The number of hydrogen-bond acceptors (Lipinski definition) is 2. The monoisotopic (exact) mass is 238 g/mol. The predicted octanol–water partition coefficient (Wildman–Crippen LogP) is 2.97. The van der Waals surface area contributed by atoms with Crippen molar-refractivity contribution in [3.8, 4) is 0 Å².